The van der Waals surface area contributed by atoms with Crippen LogP contribution in [0.3, 0.4) is 0 Å². The standard InChI is InChI=1S/C20H19Cl2N3O2/c21-15-10-16(22)19(26)18-17(15)20(27)25(12-23-18)14-6-8-24(9-7-14)11-13-4-2-1-3-5-13/h1-5,10,12,14,26H,6-9,11H2. The van der Waals surface area contributed by atoms with Crippen molar-refractivity contribution in [2.45, 2.75) is 25.4 Å². The second-order valence-corrected chi connectivity index (χ2v) is 7.68. The molecule has 0 unspecified atom stereocenters. The molecule has 0 amide bonds. The summed E-state index contributed by atoms with van der Waals surface area (Å²) in [4.78, 5) is 19.6. The van der Waals surface area contributed by atoms with E-state index in [0.717, 1.165) is 32.5 Å². The van der Waals surface area contributed by atoms with E-state index in [1.807, 2.05) is 18.2 Å². The molecule has 5 nitrogen and oxygen atoms in total. The molecular weight excluding hydrogens is 385 g/mol. The highest BCUT2D eigenvalue weighted by Gasteiger charge is 2.23. The van der Waals surface area contributed by atoms with Gasteiger partial charge in [0.25, 0.3) is 5.56 Å². The van der Waals surface area contributed by atoms with E-state index in [4.69, 9.17) is 23.2 Å². The van der Waals surface area contributed by atoms with Gasteiger partial charge in [-0.25, -0.2) is 4.98 Å². The largest absolute Gasteiger partial charge is 0.504 e. The minimum absolute atomic E-state index is 0.0651. The second-order valence-electron chi connectivity index (χ2n) is 6.86. The van der Waals surface area contributed by atoms with Crippen LogP contribution in [0.4, 0.5) is 0 Å². The van der Waals surface area contributed by atoms with Crippen molar-refractivity contribution in [3.63, 3.8) is 0 Å². The summed E-state index contributed by atoms with van der Waals surface area (Å²) in [5.41, 5.74) is 1.20. The van der Waals surface area contributed by atoms with Crippen molar-refractivity contribution < 1.29 is 5.11 Å². The maximum atomic E-state index is 13.0. The molecule has 1 aliphatic rings. The van der Waals surface area contributed by atoms with Crippen molar-refractivity contribution in [3.8, 4) is 5.75 Å². The van der Waals surface area contributed by atoms with E-state index in [-0.39, 0.29) is 38.3 Å². The predicted octanol–water partition coefficient (Wildman–Crippen LogP) is 4.25. The smallest absolute Gasteiger partial charge is 0.263 e. The molecule has 0 radical (unpaired) electrons. The zero-order valence-electron chi connectivity index (χ0n) is 14.6. The molecule has 3 aromatic rings. The number of nitrogens with zero attached hydrogens (tertiary/aromatic N) is 3. The Bertz CT molecular complexity index is 1030. The van der Waals surface area contributed by atoms with Crippen molar-refractivity contribution in [1.82, 2.24) is 14.5 Å². The fourth-order valence-electron chi connectivity index (χ4n) is 3.68. The summed E-state index contributed by atoms with van der Waals surface area (Å²) in [5.74, 6) is -0.210. The summed E-state index contributed by atoms with van der Waals surface area (Å²) in [7, 11) is 0. The fourth-order valence-corrected chi connectivity index (χ4v) is 4.22. The third-order valence-corrected chi connectivity index (χ3v) is 5.72. The third kappa shape index (κ3) is 3.55. The van der Waals surface area contributed by atoms with Gasteiger partial charge in [0.1, 0.15) is 5.52 Å². The number of likely N-dealkylation sites (tertiary alicyclic amines) is 1. The zero-order valence-corrected chi connectivity index (χ0v) is 16.1. The molecule has 2 aromatic carbocycles. The van der Waals surface area contributed by atoms with Crippen LogP contribution in [0.2, 0.25) is 10.0 Å². The third-order valence-electron chi connectivity index (χ3n) is 5.14. The lowest BCUT2D eigenvalue weighted by Gasteiger charge is -2.32. The van der Waals surface area contributed by atoms with Crippen LogP contribution >= 0.6 is 23.2 Å². The van der Waals surface area contributed by atoms with E-state index in [1.54, 1.807) is 4.57 Å². The van der Waals surface area contributed by atoms with Crippen LogP contribution < -0.4 is 5.56 Å². The average molecular weight is 404 g/mol. The highest BCUT2D eigenvalue weighted by Crippen LogP contribution is 2.34. The number of benzene rings is 2. The molecule has 1 fully saturated rings. The number of phenols is 1. The number of piperidine rings is 1. The van der Waals surface area contributed by atoms with Crippen molar-refractivity contribution in [3.05, 3.63) is 68.7 Å². The van der Waals surface area contributed by atoms with Crippen molar-refractivity contribution in [1.29, 1.82) is 0 Å². The van der Waals surface area contributed by atoms with Gasteiger partial charge in [-0.15, -0.1) is 0 Å². The van der Waals surface area contributed by atoms with Crippen LogP contribution in [-0.4, -0.2) is 32.6 Å². The Morgan fingerprint density at radius 2 is 1.81 bits per heavy atom. The van der Waals surface area contributed by atoms with Crippen molar-refractivity contribution in [2.75, 3.05) is 13.1 Å². The molecule has 2 heterocycles. The normalized spacial score (nSPS) is 16.1. The van der Waals surface area contributed by atoms with Gasteiger partial charge in [0.2, 0.25) is 0 Å². The Labute approximate surface area is 166 Å². The highest BCUT2D eigenvalue weighted by atomic mass is 35.5. The van der Waals surface area contributed by atoms with E-state index in [0.29, 0.717) is 0 Å². The number of phenolic OH excluding ortho intramolecular Hbond substituents is 1. The molecule has 0 atom stereocenters. The summed E-state index contributed by atoms with van der Waals surface area (Å²) in [6.07, 6.45) is 3.21. The Morgan fingerprint density at radius 3 is 2.52 bits per heavy atom. The maximum Gasteiger partial charge on any atom is 0.263 e. The average Bonchev–Trinajstić information content (AvgIpc) is 2.67. The molecule has 0 aliphatic carbocycles. The first kappa shape index (κ1) is 18.3. The highest BCUT2D eigenvalue weighted by molar-refractivity contribution is 6.39. The van der Waals surface area contributed by atoms with Gasteiger partial charge in [-0.05, 0) is 24.5 Å². The van der Waals surface area contributed by atoms with Gasteiger partial charge in [-0.2, -0.15) is 0 Å². The molecule has 1 saturated heterocycles. The molecule has 140 valence electrons. The molecule has 4 rings (SSSR count). The van der Waals surface area contributed by atoms with Gasteiger partial charge in [0.05, 0.1) is 21.8 Å². The first-order valence-corrected chi connectivity index (χ1v) is 9.64. The fraction of sp³-hybridized carbons (Fsp3) is 0.300. The lowest BCUT2D eigenvalue weighted by atomic mass is 10.0. The summed E-state index contributed by atoms with van der Waals surface area (Å²) in [6, 6.07) is 11.8. The van der Waals surface area contributed by atoms with Gasteiger partial charge in [0, 0.05) is 25.7 Å². The summed E-state index contributed by atoms with van der Waals surface area (Å²) < 4.78 is 1.64. The summed E-state index contributed by atoms with van der Waals surface area (Å²) >= 11 is 12.1. The minimum Gasteiger partial charge on any atom is -0.504 e. The molecular formula is C20H19Cl2N3O2. The first-order valence-electron chi connectivity index (χ1n) is 8.88. The maximum absolute atomic E-state index is 13.0. The van der Waals surface area contributed by atoms with Gasteiger partial charge < -0.3 is 5.11 Å². The topological polar surface area (TPSA) is 58.4 Å². The molecule has 27 heavy (non-hydrogen) atoms. The number of aromatic hydroxyl groups is 1. The molecule has 7 heteroatoms. The molecule has 0 saturated carbocycles. The minimum atomic E-state index is -0.238. The number of rotatable bonds is 3. The van der Waals surface area contributed by atoms with Gasteiger partial charge in [-0.3, -0.25) is 14.3 Å². The quantitative estimate of drug-likeness (QED) is 0.709. The van der Waals surface area contributed by atoms with E-state index < -0.39 is 0 Å². The summed E-state index contributed by atoms with van der Waals surface area (Å²) in [5, 5.41) is 10.6. The van der Waals surface area contributed by atoms with Crippen LogP contribution in [0, 0.1) is 0 Å². The van der Waals surface area contributed by atoms with Crippen molar-refractivity contribution >= 4 is 34.1 Å². The molecule has 1 aliphatic heterocycles. The molecule has 0 bridgehead atoms. The SMILES string of the molecule is O=c1c2c(Cl)cc(Cl)c(O)c2ncn1C1CCN(Cc2ccccc2)CC1. The predicted molar refractivity (Wildman–Crippen MR) is 108 cm³/mol. The summed E-state index contributed by atoms with van der Waals surface area (Å²) in [6.45, 7) is 2.73. The van der Waals surface area contributed by atoms with Gasteiger partial charge in [-0.1, -0.05) is 53.5 Å². The molecule has 0 spiro atoms. The van der Waals surface area contributed by atoms with E-state index in [9.17, 15) is 9.90 Å². The van der Waals surface area contributed by atoms with Crippen LogP contribution in [0.5, 0.6) is 5.75 Å². The Morgan fingerprint density at radius 1 is 1.11 bits per heavy atom. The number of halogens is 2. The molecule has 1 aromatic heterocycles. The Kier molecular flexibility index (Phi) is 5.08. The molecule has 1 N–H and O–H groups in total. The monoisotopic (exact) mass is 403 g/mol. The number of aromatic nitrogens is 2. The number of hydrogen-bond donors (Lipinski definition) is 1. The van der Waals surface area contributed by atoms with E-state index in [2.05, 4.69) is 22.0 Å². The Balaban J connectivity index is 1.56. The number of fused-ring (bicyclic) bond motifs is 1. The van der Waals surface area contributed by atoms with Crippen LogP contribution in [0.25, 0.3) is 10.9 Å². The zero-order chi connectivity index (χ0) is 19.0. The lowest BCUT2D eigenvalue weighted by Crippen LogP contribution is -2.37. The van der Waals surface area contributed by atoms with E-state index in [1.165, 1.54) is 18.0 Å². The second kappa shape index (κ2) is 7.50. The van der Waals surface area contributed by atoms with E-state index >= 15 is 0 Å². The van der Waals surface area contributed by atoms with Gasteiger partial charge >= 0.3 is 0 Å². The first-order chi connectivity index (χ1) is 13.0. The van der Waals surface area contributed by atoms with Crippen LogP contribution in [0.15, 0.2) is 47.5 Å². The lowest BCUT2D eigenvalue weighted by molar-refractivity contribution is 0.177. The van der Waals surface area contributed by atoms with Crippen LogP contribution in [-0.2, 0) is 6.54 Å². The Hall–Kier alpha value is -2.08. The number of hydrogen-bond acceptors (Lipinski definition) is 4. The van der Waals surface area contributed by atoms with Crippen molar-refractivity contribution in [2.24, 2.45) is 0 Å². The van der Waals surface area contributed by atoms with Gasteiger partial charge in [0.15, 0.2) is 5.75 Å². The van der Waals surface area contributed by atoms with Crippen LogP contribution in [0.1, 0.15) is 24.4 Å².